The van der Waals surface area contributed by atoms with Gasteiger partial charge in [-0.3, -0.25) is 4.98 Å². The number of pyridine rings is 1. The number of hydrogen-bond donors (Lipinski definition) is 1. The number of nitrogens with one attached hydrogen (secondary N) is 1. The predicted molar refractivity (Wildman–Crippen MR) is 71.5 cm³/mol. The first-order valence-corrected chi connectivity index (χ1v) is 5.58. The second-order valence-corrected chi connectivity index (χ2v) is 3.89. The van der Waals surface area contributed by atoms with Crippen LogP contribution in [-0.2, 0) is 0 Å². The van der Waals surface area contributed by atoms with Crippen LogP contribution in [0.4, 0.5) is 11.4 Å². The van der Waals surface area contributed by atoms with Gasteiger partial charge in [0.1, 0.15) is 0 Å². The van der Waals surface area contributed by atoms with Crippen LogP contribution < -0.4 is 5.32 Å². The molecule has 17 heavy (non-hydrogen) atoms. The largest absolute Gasteiger partial charge is 0.355 e. The van der Waals surface area contributed by atoms with Gasteiger partial charge < -0.3 is 5.32 Å². The number of fused-ring (bicyclic) bond motifs is 1. The first-order chi connectivity index (χ1) is 8.43. The van der Waals surface area contributed by atoms with E-state index >= 15 is 0 Å². The molecule has 3 rings (SSSR count). The van der Waals surface area contributed by atoms with Crippen molar-refractivity contribution in [2.75, 3.05) is 5.32 Å². The molecule has 0 radical (unpaired) electrons. The zero-order chi connectivity index (χ0) is 11.5. The number of rotatable bonds is 2. The van der Waals surface area contributed by atoms with Crippen LogP contribution in [0.25, 0.3) is 10.8 Å². The van der Waals surface area contributed by atoms with Gasteiger partial charge in [0.2, 0.25) is 0 Å². The number of benzene rings is 2. The molecule has 2 nitrogen and oxygen atoms in total. The minimum absolute atomic E-state index is 1.09. The highest BCUT2D eigenvalue weighted by molar-refractivity contribution is 5.94. The average Bonchev–Trinajstić information content (AvgIpc) is 2.40. The topological polar surface area (TPSA) is 24.9 Å². The Kier molecular flexibility index (Phi) is 2.47. The molecule has 3 aromatic rings. The van der Waals surface area contributed by atoms with Crippen LogP contribution in [0, 0.1) is 0 Å². The van der Waals surface area contributed by atoms with Crippen molar-refractivity contribution in [2.24, 2.45) is 0 Å². The second-order valence-electron chi connectivity index (χ2n) is 3.89. The van der Waals surface area contributed by atoms with Crippen molar-refractivity contribution in [3.05, 3.63) is 67.0 Å². The molecule has 0 aliphatic heterocycles. The van der Waals surface area contributed by atoms with E-state index in [1.165, 1.54) is 5.39 Å². The maximum atomic E-state index is 4.13. The molecule has 0 aliphatic rings. The van der Waals surface area contributed by atoms with E-state index in [2.05, 4.69) is 34.6 Å². The second kappa shape index (κ2) is 4.26. The Morgan fingerprint density at radius 1 is 0.824 bits per heavy atom. The zero-order valence-corrected chi connectivity index (χ0v) is 9.30. The molecule has 1 heterocycles. The van der Waals surface area contributed by atoms with E-state index in [0.29, 0.717) is 0 Å². The van der Waals surface area contributed by atoms with E-state index in [1.54, 1.807) is 0 Å². The quantitative estimate of drug-likeness (QED) is 0.706. The zero-order valence-electron chi connectivity index (χ0n) is 9.30. The van der Waals surface area contributed by atoms with E-state index in [4.69, 9.17) is 0 Å². The lowest BCUT2D eigenvalue weighted by atomic mass is 10.1. The molecule has 1 N–H and O–H groups in total. The Hall–Kier alpha value is -2.35. The van der Waals surface area contributed by atoms with Gasteiger partial charge in [0.05, 0.1) is 0 Å². The van der Waals surface area contributed by atoms with E-state index in [1.807, 2.05) is 42.7 Å². The summed E-state index contributed by atoms with van der Waals surface area (Å²) in [6, 6.07) is 18.4. The van der Waals surface area contributed by atoms with Gasteiger partial charge in [-0.15, -0.1) is 0 Å². The molecule has 1 aromatic heterocycles. The van der Waals surface area contributed by atoms with Crippen LogP contribution in [0.3, 0.4) is 0 Å². The molecular weight excluding hydrogens is 208 g/mol. The predicted octanol–water partition coefficient (Wildman–Crippen LogP) is 3.98. The van der Waals surface area contributed by atoms with Gasteiger partial charge in [-0.1, -0.05) is 30.3 Å². The Morgan fingerprint density at radius 3 is 2.59 bits per heavy atom. The fraction of sp³-hybridized carbons (Fsp3) is 0. The van der Waals surface area contributed by atoms with Gasteiger partial charge in [0.15, 0.2) is 0 Å². The van der Waals surface area contributed by atoms with Gasteiger partial charge in [-0.25, -0.2) is 0 Å². The van der Waals surface area contributed by atoms with Crippen molar-refractivity contribution in [2.45, 2.75) is 0 Å². The van der Waals surface area contributed by atoms with Crippen LogP contribution >= 0.6 is 0 Å². The molecule has 2 heteroatoms. The van der Waals surface area contributed by atoms with Crippen molar-refractivity contribution in [3.63, 3.8) is 0 Å². The fourth-order valence-electron chi connectivity index (χ4n) is 1.91. The van der Waals surface area contributed by atoms with Crippen LogP contribution in [0.15, 0.2) is 67.0 Å². The standard InChI is InChI=1S/C15H12N2/c1-2-6-13(7-3-1)17-15-8-4-5-12-11-16-10-9-14(12)15/h1-11,17H. The van der Waals surface area contributed by atoms with Crippen LogP contribution in [0.1, 0.15) is 0 Å². The Balaban J connectivity index is 2.06. The summed E-state index contributed by atoms with van der Waals surface area (Å²) in [5, 5.41) is 5.75. The molecule has 0 fully saturated rings. The molecule has 0 saturated carbocycles. The summed E-state index contributed by atoms with van der Waals surface area (Å²) in [7, 11) is 0. The summed E-state index contributed by atoms with van der Waals surface area (Å²) in [6.07, 6.45) is 3.70. The molecule has 0 amide bonds. The van der Waals surface area contributed by atoms with Gasteiger partial charge >= 0.3 is 0 Å². The van der Waals surface area contributed by atoms with Crippen LogP contribution in [-0.4, -0.2) is 4.98 Å². The summed E-state index contributed by atoms with van der Waals surface area (Å²) in [4.78, 5) is 4.13. The van der Waals surface area contributed by atoms with E-state index < -0.39 is 0 Å². The third kappa shape index (κ3) is 1.97. The van der Waals surface area contributed by atoms with Gasteiger partial charge in [0.25, 0.3) is 0 Å². The molecule has 0 spiro atoms. The Bertz CT molecular complexity index is 627. The highest BCUT2D eigenvalue weighted by Crippen LogP contribution is 2.25. The van der Waals surface area contributed by atoms with E-state index in [9.17, 15) is 0 Å². The molecule has 0 unspecified atom stereocenters. The normalized spacial score (nSPS) is 10.4. The molecule has 82 valence electrons. The van der Waals surface area contributed by atoms with Crippen molar-refractivity contribution in [1.82, 2.24) is 4.98 Å². The van der Waals surface area contributed by atoms with Crippen LogP contribution in [0.5, 0.6) is 0 Å². The van der Waals surface area contributed by atoms with Gasteiger partial charge in [0, 0.05) is 34.5 Å². The van der Waals surface area contributed by atoms with Crippen molar-refractivity contribution in [3.8, 4) is 0 Å². The van der Waals surface area contributed by atoms with Crippen molar-refractivity contribution >= 4 is 22.1 Å². The molecule has 0 atom stereocenters. The monoisotopic (exact) mass is 220 g/mol. The SMILES string of the molecule is c1ccc(Nc2cccc3cnccc23)cc1. The van der Waals surface area contributed by atoms with E-state index in [0.717, 1.165) is 16.8 Å². The lowest BCUT2D eigenvalue weighted by Crippen LogP contribution is -1.90. The highest BCUT2D eigenvalue weighted by atomic mass is 14.9. The van der Waals surface area contributed by atoms with Gasteiger partial charge in [-0.2, -0.15) is 0 Å². The molecule has 0 saturated heterocycles. The lowest BCUT2D eigenvalue weighted by Gasteiger charge is -2.09. The molecular formula is C15H12N2. The molecule has 0 bridgehead atoms. The molecule has 0 aliphatic carbocycles. The number of anilines is 2. The van der Waals surface area contributed by atoms with Crippen molar-refractivity contribution < 1.29 is 0 Å². The van der Waals surface area contributed by atoms with Crippen LogP contribution in [0.2, 0.25) is 0 Å². The first-order valence-electron chi connectivity index (χ1n) is 5.58. The maximum Gasteiger partial charge on any atom is 0.0465 e. The minimum atomic E-state index is 1.09. The average molecular weight is 220 g/mol. The minimum Gasteiger partial charge on any atom is -0.355 e. The summed E-state index contributed by atoms with van der Waals surface area (Å²) < 4.78 is 0. The smallest absolute Gasteiger partial charge is 0.0465 e. The van der Waals surface area contributed by atoms with Crippen molar-refractivity contribution in [1.29, 1.82) is 0 Å². The number of nitrogens with zero attached hydrogens (tertiary/aromatic N) is 1. The fourth-order valence-corrected chi connectivity index (χ4v) is 1.91. The highest BCUT2D eigenvalue weighted by Gasteiger charge is 2.00. The number of para-hydroxylation sites is 1. The summed E-state index contributed by atoms with van der Waals surface area (Å²) >= 11 is 0. The first kappa shape index (κ1) is 9.85. The third-order valence-corrected chi connectivity index (χ3v) is 2.73. The summed E-state index contributed by atoms with van der Waals surface area (Å²) in [5.74, 6) is 0. The van der Waals surface area contributed by atoms with Gasteiger partial charge in [-0.05, 0) is 24.3 Å². The summed E-state index contributed by atoms with van der Waals surface area (Å²) in [6.45, 7) is 0. The number of hydrogen-bond acceptors (Lipinski definition) is 2. The maximum absolute atomic E-state index is 4.13. The number of aromatic nitrogens is 1. The summed E-state index contributed by atoms with van der Waals surface area (Å²) in [5.41, 5.74) is 2.20. The third-order valence-electron chi connectivity index (χ3n) is 2.73. The Morgan fingerprint density at radius 2 is 1.71 bits per heavy atom. The Labute approximate surface area is 99.9 Å². The van der Waals surface area contributed by atoms with E-state index in [-0.39, 0.29) is 0 Å². The molecule has 2 aromatic carbocycles. The lowest BCUT2D eigenvalue weighted by molar-refractivity contribution is 1.36.